The average molecular weight is 260 g/mol. The number of aryl methyl sites for hydroxylation is 2. The second kappa shape index (κ2) is 4.34. The first-order valence-corrected chi connectivity index (χ1v) is 7.07. The Kier molecular flexibility index (Phi) is 2.90. The highest BCUT2D eigenvalue weighted by atomic mass is 19.1. The van der Waals surface area contributed by atoms with Crippen molar-refractivity contribution in [3.63, 3.8) is 0 Å². The molecule has 3 heteroatoms. The van der Waals surface area contributed by atoms with Crippen LogP contribution in [-0.4, -0.2) is 4.57 Å². The summed E-state index contributed by atoms with van der Waals surface area (Å²) in [4.78, 5) is 0. The zero-order chi connectivity index (χ0) is 13.6. The molecule has 19 heavy (non-hydrogen) atoms. The predicted octanol–water partition coefficient (Wildman–Crippen LogP) is 3.74. The molecular weight excluding hydrogens is 239 g/mol. The lowest BCUT2D eigenvalue weighted by Crippen LogP contribution is -2.39. The normalized spacial score (nSPS) is 18.9. The zero-order valence-corrected chi connectivity index (χ0v) is 11.7. The number of halogens is 1. The Labute approximate surface area is 113 Å². The first-order valence-electron chi connectivity index (χ1n) is 7.07. The third-order valence-electron chi connectivity index (χ3n) is 4.68. The van der Waals surface area contributed by atoms with Crippen molar-refractivity contribution in [1.82, 2.24) is 4.57 Å². The molecule has 1 aliphatic rings. The van der Waals surface area contributed by atoms with Crippen LogP contribution >= 0.6 is 0 Å². The summed E-state index contributed by atoms with van der Waals surface area (Å²) in [6.45, 7) is 2.00. The van der Waals surface area contributed by atoms with Crippen LogP contribution in [0.25, 0.3) is 10.9 Å². The lowest BCUT2D eigenvalue weighted by Gasteiger charge is -2.34. The summed E-state index contributed by atoms with van der Waals surface area (Å²) in [7, 11) is 1.97. The molecule has 2 aromatic rings. The lowest BCUT2D eigenvalue weighted by atomic mass is 9.77. The molecule has 1 heterocycles. The number of nitrogens with two attached hydrogens (primary N) is 1. The van der Waals surface area contributed by atoms with Gasteiger partial charge in [-0.3, -0.25) is 0 Å². The summed E-state index contributed by atoms with van der Waals surface area (Å²) in [5.74, 6) is -0.120. The number of aromatic nitrogens is 1. The van der Waals surface area contributed by atoms with Gasteiger partial charge in [-0.2, -0.15) is 0 Å². The van der Waals surface area contributed by atoms with E-state index in [0.717, 1.165) is 36.9 Å². The van der Waals surface area contributed by atoms with Gasteiger partial charge >= 0.3 is 0 Å². The van der Waals surface area contributed by atoms with Crippen LogP contribution in [0.15, 0.2) is 18.2 Å². The second-order valence-electron chi connectivity index (χ2n) is 5.92. The molecule has 0 aliphatic heterocycles. The number of rotatable bonds is 1. The van der Waals surface area contributed by atoms with Gasteiger partial charge in [0.05, 0.1) is 5.52 Å². The van der Waals surface area contributed by atoms with E-state index in [2.05, 4.69) is 0 Å². The fourth-order valence-corrected chi connectivity index (χ4v) is 3.34. The van der Waals surface area contributed by atoms with Gasteiger partial charge in [0.2, 0.25) is 0 Å². The fraction of sp³-hybridized carbons (Fsp3) is 0.500. The molecule has 0 amide bonds. The van der Waals surface area contributed by atoms with Gasteiger partial charge in [0.1, 0.15) is 5.82 Å². The first kappa shape index (κ1) is 12.7. The minimum Gasteiger partial charge on any atom is -0.348 e. The van der Waals surface area contributed by atoms with Crippen LogP contribution in [0.3, 0.4) is 0 Å². The molecule has 2 nitrogen and oxygen atoms in total. The number of hydrogen-bond donors (Lipinski definition) is 1. The molecule has 102 valence electrons. The first-order chi connectivity index (χ1) is 9.03. The van der Waals surface area contributed by atoms with E-state index < -0.39 is 5.54 Å². The lowest BCUT2D eigenvalue weighted by molar-refractivity contribution is 0.294. The van der Waals surface area contributed by atoms with Crippen LogP contribution < -0.4 is 5.73 Å². The average Bonchev–Trinajstić information content (AvgIpc) is 2.68. The molecule has 1 fully saturated rings. The summed E-state index contributed by atoms with van der Waals surface area (Å²) in [6.07, 6.45) is 5.19. The van der Waals surface area contributed by atoms with Crippen LogP contribution in [0, 0.1) is 12.7 Å². The van der Waals surface area contributed by atoms with Crippen molar-refractivity contribution in [2.75, 3.05) is 0 Å². The quantitative estimate of drug-likeness (QED) is 0.832. The molecule has 1 aliphatic carbocycles. The highest BCUT2D eigenvalue weighted by Gasteiger charge is 2.32. The van der Waals surface area contributed by atoms with Gasteiger partial charge in [0, 0.05) is 29.2 Å². The fourth-order valence-electron chi connectivity index (χ4n) is 3.34. The minimum atomic E-state index is -0.472. The van der Waals surface area contributed by atoms with Crippen LogP contribution in [0.1, 0.15) is 43.4 Å². The van der Waals surface area contributed by atoms with E-state index in [1.165, 1.54) is 6.42 Å². The highest BCUT2D eigenvalue weighted by Crippen LogP contribution is 2.38. The van der Waals surface area contributed by atoms with Crippen LogP contribution in [-0.2, 0) is 12.6 Å². The van der Waals surface area contributed by atoms with Crippen molar-refractivity contribution in [1.29, 1.82) is 0 Å². The van der Waals surface area contributed by atoms with E-state index in [1.807, 2.05) is 36.7 Å². The molecule has 0 bridgehead atoms. The Bertz CT molecular complexity index is 621. The molecule has 3 rings (SSSR count). The van der Waals surface area contributed by atoms with Gasteiger partial charge < -0.3 is 10.3 Å². The maximum Gasteiger partial charge on any atom is 0.137 e. The van der Waals surface area contributed by atoms with E-state index in [4.69, 9.17) is 5.73 Å². The van der Waals surface area contributed by atoms with Crippen molar-refractivity contribution in [2.45, 2.75) is 44.6 Å². The summed E-state index contributed by atoms with van der Waals surface area (Å²) < 4.78 is 16.8. The molecule has 2 N–H and O–H groups in total. The van der Waals surface area contributed by atoms with Crippen molar-refractivity contribution in [3.8, 4) is 0 Å². The Balaban J connectivity index is 2.17. The van der Waals surface area contributed by atoms with Gasteiger partial charge in [0.25, 0.3) is 0 Å². The Hall–Kier alpha value is -1.35. The van der Waals surface area contributed by atoms with Gasteiger partial charge in [0.15, 0.2) is 0 Å². The number of benzene rings is 1. The van der Waals surface area contributed by atoms with Crippen molar-refractivity contribution < 1.29 is 4.39 Å². The third kappa shape index (κ3) is 1.88. The summed E-state index contributed by atoms with van der Waals surface area (Å²) in [5.41, 5.74) is 8.71. The summed E-state index contributed by atoms with van der Waals surface area (Å²) in [5, 5.41) is 0.702. The predicted molar refractivity (Wildman–Crippen MR) is 76.6 cm³/mol. The number of hydrogen-bond acceptors (Lipinski definition) is 1. The molecule has 0 radical (unpaired) electrons. The summed E-state index contributed by atoms with van der Waals surface area (Å²) >= 11 is 0. The standard InChI is InChI=1S/C16H21FN2/c1-11-10-12-14(19(11)2)7-6-13(15(12)17)16(18)8-4-3-5-9-16/h6-7,10H,3-5,8-9,18H2,1-2H3. The monoisotopic (exact) mass is 260 g/mol. The zero-order valence-electron chi connectivity index (χ0n) is 11.7. The Morgan fingerprint density at radius 1 is 1.21 bits per heavy atom. The Morgan fingerprint density at radius 3 is 2.58 bits per heavy atom. The van der Waals surface area contributed by atoms with Crippen LogP contribution in [0.4, 0.5) is 4.39 Å². The van der Waals surface area contributed by atoms with E-state index in [1.54, 1.807) is 0 Å². The van der Waals surface area contributed by atoms with E-state index in [-0.39, 0.29) is 5.82 Å². The molecule has 1 aromatic carbocycles. The second-order valence-corrected chi connectivity index (χ2v) is 5.92. The molecule has 0 atom stereocenters. The van der Waals surface area contributed by atoms with Gasteiger partial charge in [-0.15, -0.1) is 0 Å². The number of fused-ring (bicyclic) bond motifs is 1. The molecule has 0 saturated heterocycles. The van der Waals surface area contributed by atoms with Crippen molar-refractivity contribution in [3.05, 3.63) is 35.3 Å². The third-order valence-corrected chi connectivity index (χ3v) is 4.68. The largest absolute Gasteiger partial charge is 0.348 e. The van der Waals surface area contributed by atoms with E-state index in [0.29, 0.717) is 10.9 Å². The highest BCUT2D eigenvalue weighted by molar-refractivity contribution is 5.83. The van der Waals surface area contributed by atoms with Gasteiger partial charge in [-0.1, -0.05) is 25.3 Å². The molecule has 1 aromatic heterocycles. The topological polar surface area (TPSA) is 30.9 Å². The Morgan fingerprint density at radius 2 is 1.89 bits per heavy atom. The van der Waals surface area contributed by atoms with Crippen LogP contribution in [0.2, 0.25) is 0 Å². The molecule has 0 spiro atoms. The number of nitrogens with zero attached hydrogens (tertiary/aromatic N) is 1. The smallest absolute Gasteiger partial charge is 0.137 e. The maximum atomic E-state index is 14.8. The summed E-state index contributed by atoms with van der Waals surface area (Å²) in [6, 6.07) is 5.81. The maximum absolute atomic E-state index is 14.8. The molecule has 1 saturated carbocycles. The molecular formula is C16H21FN2. The molecule has 0 unspecified atom stereocenters. The SMILES string of the molecule is Cc1cc2c(F)c(C3(N)CCCCC3)ccc2n1C. The van der Waals surface area contributed by atoms with Crippen molar-refractivity contribution >= 4 is 10.9 Å². The van der Waals surface area contributed by atoms with E-state index in [9.17, 15) is 4.39 Å². The van der Waals surface area contributed by atoms with Gasteiger partial charge in [-0.05, 0) is 31.9 Å². The van der Waals surface area contributed by atoms with Gasteiger partial charge in [-0.25, -0.2) is 4.39 Å². The van der Waals surface area contributed by atoms with E-state index >= 15 is 0 Å². The van der Waals surface area contributed by atoms with Crippen molar-refractivity contribution in [2.24, 2.45) is 12.8 Å². The minimum absolute atomic E-state index is 0.120. The van der Waals surface area contributed by atoms with Crippen LogP contribution in [0.5, 0.6) is 0 Å².